The van der Waals surface area contributed by atoms with Crippen molar-refractivity contribution in [3.8, 4) is 0 Å². The second kappa shape index (κ2) is 7.12. The fourth-order valence-electron chi connectivity index (χ4n) is 3.68. The van der Waals surface area contributed by atoms with E-state index in [4.69, 9.17) is 9.26 Å². The molecule has 2 aliphatic rings. The third kappa shape index (κ3) is 3.46. The van der Waals surface area contributed by atoms with Crippen LogP contribution in [-0.2, 0) is 11.3 Å². The van der Waals surface area contributed by atoms with Crippen LogP contribution in [0.2, 0.25) is 0 Å². The molecule has 2 aromatic rings. The average molecular weight is 399 g/mol. The molecule has 0 amide bonds. The third-order valence-corrected chi connectivity index (χ3v) is 5.06. The van der Waals surface area contributed by atoms with Gasteiger partial charge in [-0.25, -0.2) is 0 Å². The van der Waals surface area contributed by atoms with Crippen LogP contribution in [0.4, 0.5) is 24.9 Å². The van der Waals surface area contributed by atoms with Crippen molar-refractivity contribution in [2.45, 2.75) is 38.1 Å². The van der Waals surface area contributed by atoms with Gasteiger partial charge >= 0.3 is 6.18 Å². The standard InChI is InChI=1S/C17H20F3N5O3/c1-11-10-27-7-6-24(11)14-8-15(26)25-13(17(18,19)20)3-5-23(16(25)22-14)9-12-2-4-21-28-12/h2,4,8,11,13H,3,5-7,9-10H2,1H3. The highest BCUT2D eigenvalue weighted by Crippen LogP contribution is 2.38. The summed E-state index contributed by atoms with van der Waals surface area (Å²) in [5, 5.41) is 3.62. The van der Waals surface area contributed by atoms with Crippen molar-refractivity contribution in [1.29, 1.82) is 0 Å². The molecule has 152 valence electrons. The quantitative estimate of drug-likeness (QED) is 0.781. The molecule has 0 aromatic carbocycles. The Hall–Kier alpha value is -2.56. The molecule has 2 aromatic heterocycles. The summed E-state index contributed by atoms with van der Waals surface area (Å²) in [6.07, 6.45) is -3.31. The predicted molar refractivity (Wildman–Crippen MR) is 93.4 cm³/mol. The smallest absolute Gasteiger partial charge is 0.377 e. The topological polar surface area (TPSA) is 76.6 Å². The summed E-state index contributed by atoms with van der Waals surface area (Å²) in [4.78, 5) is 20.7. The maximum Gasteiger partial charge on any atom is 0.409 e. The van der Waals surface area contributed by atoms with Crippen LogP contribution in [0.15, 0.2) is 27.6 Å². The number of nitrogens with zero attached hydrogens (tertiary/aromatic N) is 5. The van der Waals surface area contributed by atoms with Crippen LogP contribution in [0.3, 0.4) is 0 Å². The molecular formula is C17H20F3N5O3. The van der Waals surface area contributed by atoms with Gasteiger partial charge in [0.15, 0.2) is 5.76 Å². The molecule has 0 saturated carbocycles. The molecule has 0 aliphatic carbocycles. The number of fused-ring (bicyclic) bond motifs is 1. The van der Waals surface area contributed by atoms with E-state index in [0.717, 1.165) is 4.57 Å². The third-order valence-electron chi connectivity index (χ3n) is 5.06. The van der Waals surface area contributed by atoms with E-state index in [9.17, 15) is 18.0 Å². The first kappa shape index (κ1) is 18.8. The monoisotopic (exact) mass is 399 g/mol. The van der Waals surface area contributed by atoms with E-state index in [0.29, 0.717) is 31.3 Å². The Morgan fingerprint density at radius 2 is 2.14 bits per heavy atom. The number of aromatic nitrogens is 3. The van der Waals surface area contributed by atoms with Crippen LogP contribution in [0.25, 0.3) is 0 Å². The van der Waals surface area contributed by atoms with Gasteiger partial charge in [0.2, 0.25) is 5.95 Å². The number of ether oxygens (including phenoxy) is 1. The summed E-state index contributed by atoms with van der Waals surface area (Å²) in [6, 6.07) is 0.881. The first-order valence-corrected chi connectivity index (χ1v) is 9.04. The van der Waals surface area contributed by atoms with Crippen molar-refractivity contribution in [2.75, 3.05) is 36.1 Å². The predicted octanol–water partition coefficient (Wildman–Crippen LogP) is 1.97. The first-order valence-electron chi connectivity index (χ1n) is 9.04. The van der Waals surface area contributed by atoms with Gasteiger partial charge < -0.3 is 19.1 Å². The van der Waals surface area contributed by atoms with Gasteiger partial charge in [-0.15, -0.1) is 0 Å². The molecular weight excluding hydrogens is 379 g/mol. The molecule has 0 spiro atoms. The van der Waals surface area contributed by atoms with Crippen LogP contribution < -0.4 is 15.4 Å². The summed E-state index contributed by atoms with van der Waals surface area (Å²) in [5.41, 5.74) is -0.719. The Labute approximate surface area is 158 Å². The Bertz CT molecular complexity index is 883. The van der Waals surface area contributed by atoms with E-state index in [2.05, 4.69) is 10.1 Å². The molecule has 4 rings (SSSR count). The van der Waals surface area contributed by atoms with Crippen molar-refractivity contribution >= 4 is 11.8 Å². The molecule has 2 aliphatic heterocycles. The summed E-state index contributed by atoms with van der Waals surface area (Å²) >= 11 is 0. The lowest BCUT2D eigenvalue weighted by Gasteiger charge is -2.38. The Balaban J connectivity index is 1.78. The number of rotatable bonds is 3. The zero-order chi connectivity index (χ0) is 19.9. The fourth-order valence-corrected chi connectivity index (χ4v) is 3.68. The maximum atomic E-state index is 13.6. The molecule has 11 heteroatoms. The number of alkyl halides is 3. The number of anilines is 2. The minimum atomic E-state index is -4.54. The van der Waals surface area contributed by atoms with Crippen LogP contribution in [0.1, 0.15) is 25.1 Å². The van der Waals surface area contributed by atoms with Crippen molar-refractivity contribution in [3.63, 3.8) is 0 Å². The van der Waals surface area contributed by atoms with E-state index in [1.807, 2.05) is 11.8 Å². The Kier molecular flexibility index (Phi) is 4.77. The van der Waals surface area contributed by atoms with Crippen LogP contribution in [0.5, 0.6) is 0 Å². The lowest BCUT2D eigenvalue weighted by atomic mass is 10.1. The number of morpholine rings is 1. The molecule has 0 bridgehead atoms. The van der Waals surface area contributed by atoms with Gasteiger partial charge in [-0.05, 0) is 13.3 Å². The van der Waals surface area contributed by atoms with E-state index in [1.165, 1.54) is 12.3 Å². The van der Waals surface area contributed by atoms with Gasteiger partial charge in [-0.1, -0.05) is 5.16 Å². The van der Waals surface area contributed by atoms with E-state index in [1.54, 1.807) is 11.0 Å². The van der Waals surface area contributed by atoms with Crippen LogP contribution in [0, 0.1) is 0 Å². The second-order valence-corrected chi connectivity index (χ2v) is 6.99. The molecule has 1 saturated heterocycles. The number of hydrogen-bond donors (Lipinski definition) is 0. The van der Waals surface area contributed by atoms with Crippen molar-refractivity contribution in [2.24, 2.45) is 0 Å². The molecule has 0 N–H and O–H groups in total. The van der Waals surface area contributed by atoms with Crippen LogP contribution in [-0.4, -0.2) is 53.2 Å². The number of hydrogen-bond acceptors (Lipinski definition) is 7. The molecule has 4 heterocycles. The normalized spacial score (nSPS) is 23.0. The van der Waals surface area contributed by atoms with Crippen molar-refractivity contribution in [3.05, 3.63) is 34.4 Å². The molecule has 2 atom stereocenters. The zero-order valence-electron chi connectivity index (χ0n) is 15.2. The molecule has 8 nitrogen and oxygen atoms in total. The van der Waals surface area contributed by atoms with E-state index < -0.39 is 17.8 Å². The minimum absolute atomic E-state index is 0.00818. The van der Waals surface area contributed by atoms with Gasteiger partial charge in [0.05, 0.1) is 32.0 Å². The number of halogens is 3. The minimum Gasteiger partial charge on any atom is -0.377 e. The SMILES string of the molecule is CC1COCCN1c1cc(=O)n2c(n1)N(Cc1ccno1)CCC2C(F)(F)F. The van der Waals surface area contributed by atoms with Gasteiger partial charge in [-0.2, -0.15) is 18.2 Å². The first-order chi connectivity index (χ1) is 13.3. The van der Waals surface area contributed by atoms with E-state index in [-0.39, 0.29) is 31.5 Å². The largest absolute Gasteiger partial charge is 0.409 e. The Morgan fingerprint density at radius 1 is 1.32 bits per heavy atom. The summed E-state index contributed by atoms with van der Waals surface area (Å²) < 4.78 is 51.9. The summed E-state index contributed by atoms with van der Waals surface area (Å²) in [7, 11) is 0. The van der Waals surface area contributed by atoms with Gasteiger partial charge in [0, 0.05) is 25.2 Å². The Morgan fingerprint density at radius 3 is 2.82 bits per heavy atom. The van der Waals surface area contributed by atoms with E-state index >= 15 is 0 Å². The molecule has 1 fully saturated rings. The van der Waals surface area contributed by atoms with Gasteiger partial charge in [-0.3, -0.25) is 9.36 Å². The van der Waals surface area contributed by atoms with Gasteiger partial charge in [0.1, 0.15) is 11.9 Å². The highest BCUT2D eigenvalue weighted by atomic mass is 19.4. The highest BCUT2D eigenvalue weighted by Gasteiger charge is 2.45. The van der Waals surface area contributed by atoms with Crippen molar-refractivity contribution in [1.82, 2.24) is 14.7 Å². The fraction of sp³-hybridized carbons (Fsp3) is 0.588. The molecule has 28 heavy (non-hydrogen) atoms. The maximum absolute atomic E-state index is 13.6. The lowest BCUT2D eigenvalue weighted by molar-refractivity contribution is -0.171. The van der Waals surface area contributed by atoms with Crippen molar-refractivity contribution < 1.29 is 22.4 Å². The second-order valence-electron chi connectivity index (χ2n) is 6.99. The summed E-state index contributed by atoms with van der Waals surface area (Å²) in [5.74, 6) is 0.833. The average Bonchev–Trinajstić information content (AvgIpc) is 3.14. The molecule has 0 radical (unpaired) electrons. The van der Waals surface area contributed by atoms with Gasteiger partial charge in [0.25, 0.3) is 5.56 Å². The highest BCUT2D eigenvalue weighted by molar-refractivity contribution is 5.47. The zero-order valence-corrected chi connectivity index (χ0v) is 15.2. The summed E-state index contributed by atoms with van der Waals surface area (Å²) in [6.45, 7) is 3.65. The van der Waals surface area contributed by atoms with Crippen LogP contribution >= 0.6 is 0 Å². The lowest BCUT2D eigenvalue weighted by Crippen LogP contribution is -2.48. The molecule has 2 unspecified atom stereocenters.